The molecule has 0 fully saturated rings. The maximum Gasteiger partial charge on any atom is 0.146 e. The third-order valence-electron chi connectivity index (χ3n) is 4.56. The molecule has 0 saturated heterocycles. The second-order valence-corrected chi connectivity index (χ2v) is 6.41. The molecule has 0 aromatic heterocycles. The molecular formula is C22H16N4O. The lowest BCUT2D eigenvalue weighted by Crippen LogP contribution is -2.33. The van der Waals surface area contributed by atoms with Gasteiger partial charge in [0.25, 0.3) is 0 Å². The SMILES string of the molecule is Cc1ccc(Oc2cccc(C#N)c2C#N)c(C2=N[C@H]3C=CC=C[C@@H]3N2)c1. The summed E-state index contributed by atoms with van der Waals surface area (Å²) >= 11 is 0. The first-order valence-electron chi connectivity index (χ1n) is 8.61. The Morgan fingerprint density at radius 1 is 1.04 bits per heavy atom. The molecule has 0 spiro atoms. The molecule has 1 N–H and O–H groups in total. The van der Waals surface area contributed by atoms with Crippen LogP contribution in [0.3, 0.4) is 0 Å². The number of nitriles is 2. The number of ether oxygens (including phenoxy) is 1. The highest BCUT2D eigenvalue weighted by atomic mass is 16.5. The molecule has 1 aliphatic carbocycles. The first-order chi connectivity index (χ1) is 13.2. The molecule has 2 aliphatic rings. The second-order valence-electron chi connectivity index (χ2n) is 6.41. The van der Waals surface area contributed by atoms with E-state index in [0.717, 1.165) is 17.0 Å². The van der Waals surface area contributed by atoms with Gasteiger partial charge in [0.1, 0.15) is 35.0 Å². The van der Waals surface area contributed by atoms with E-state index >= 15 is 0 Å². The number of aryl methyl sites for hydroxylation is 1. The fourth-order valence-corrected chi connectivity index (χ4v) is 3.20. The van der Waals surface area contributed by atoms with Gasteiger partial charge in [-0.3, -0.25) is 4.99 Å². The second kappa shape index (κ2) is 6.82. The van der Waals surface area contributed by atoms with E-state index < -0.39 is 0 Å². The number of amidine groups is 1. The van der Waals surface area contributed by atoms with Crippen LogP contribution >= 0.6 is 0 Å². The Bertz CT molecular complexity index is 1080. The van der Waals surface area contributed by atoms with E-state index in [1.54, 1.807) is 18.2 Å². The number of hydrogen-bond acceptors (Lipinski definition) is 5. The molecule has 1 heterocycles. The van der Waals surface area contributed by atoms with E-state index in [1.807, 2.05) is 43.3 Å². The molecule has 5 nitrogen and oxygen atoms in total. The highest BCUT2D eigenvalue weighted by Crippen LogP contribution is 2.31. The van der Waals surface area contributed by atoms with Crippen molar-refractivity contribution < 1.29 is 4.74 Å². The summed E-state index contributed by atoms with van der Waals surface area (Å²) in [4.78, 5) is 4.77. The van der Waals surface area contributed by atoms with Crippen molar-refractivity contribution in [2.75, 3.05) is 0 Å². The number of aliphatic imine (C=N–C) groups is 1. The average molecular weight is 352 g/mol. The number of hydrogen-bond donors (Lipinski definition) is 1. The lowest BCUT2D eigenvalue weighted by Gasteiger charge is -2.16. The van der Waals surface area contributed by atoms with Crippen LogP contribution in [-0.2, 0) is 0 Å². The summed E-state index contributed by atoms with van der Waals surface area (Å²) in [7, 11) is 0. The van der Waals surface area contributed by atoms with Crippen LogP contribution in [0.2, 0.25) is 0 Å². The highest BCUT2D eigenvalue weighted by molar-refractivity contribution is 6.03. The van der Waals surface area contributed by atoms with Crippen molar-refractivity contribution in [3.63, 3.8) is 0 Å². The third kappa shape index (κ3) is 3.07. The first kappa shape index (κ1) is 16.6. The normalized spacial score (nSPS) is 19.4. The largest absolute Gasteiger partial charge is 0.455 e. The minimum absolute atomic E-state index is 0.0648. The predicted molar refractivity (Wildman–Crippen MR) is 103 cm³/mol. The summed E-state index contributed by atoms with van der Waals surface area (Å²) in [6, 6.07) is 15.1. The van der Waals surface area contributed by atoms with E-state index in [-0.39, 0.29) is 17.6 Å². The highest BCUT2D eigenvalue weighted by Gasteiger charge is 2.28. The van der Waals surface area contributed by atoms with Crippen molar-refractivity contribution >= 4 is 5.84 Å². The van der Waals surface area contributed by atoms with Gasteiger partial charge in [-0.25, -0.2) is 0 Å². The van der Waals surface area contributed by atoms with E-state index in [1.165, 1.54) is 0 Å². The van der Waals surface area contributed by atoms with Crippen molar-refractivity contribution in [1.82, 2.24) is 5.32 Å². The minimum Gasteiger partial charge on any atom is -0.455 e. The maximum atomic E-state index is 9.44. The molecule has 2 aromatic rings. The Kier molecular flexibility index (Phi) is 4.20. The molecule has 5 heteroatoms. The predicted octanol–water partition coefficient (Wildman–Crippen LogP) is 3.74. The van der Waals surface area contributed by atoms with Crippen LogP contribution in [0.25, 0.3) is 0 Å². The smallest absolute Gasteiger partial charge is 0.146 e. The Labute approximate surface area is 157 Å². The molecule has 0 bridgehead atoms. The molecule has 1 aliphatic heterocycles. The lowest BCUT2D eigenvalue weighted by atomic mass is 10.1. The summed E-state index contributed by atoms with van der Waals surface area (Å²) in [6.45, 7) is 2.01. The fraction of sp³-hybridized carbons (Fsp3) is 0.136. The average Bonchev–Trinajstić information content (AvgIpc) is 3.13. The van der Waals surface area contributed by atoms with Crippen LogP contribution < -0.4 is 10.1 Å². The van der Waals surface area contributed by atoms with Crippen LogP contribution in [0.15, 0.2) is 65.7 Å². The van der Waals surface area contributed by atoms with Crippen LogP contribution in [-0.4, -0.2) is 17.9 Å². The van der Waals surface area contributed by atoms with Gasteiger partial charge >= 0.3 is 0 Å². The van der Waals surface area contributed by atoms with Crippen molar-refractivity contribution in [1.29, 1.82) is 10.5 Å². The molecule has 0 radical (unpaired) electrons. The minimum atomic E-state index is 0.0648. The number of nitrogens with one attached hydrogen (secondary N) is 1. The Balaban J connectivity index is 1.74. The van der Waals surface area contributed by atoms with E-state index in [9.17, 15) is 10.5 Å². The number of rotatable bonds is 3. The van der Waals surface area contributed by atoms with Gasteiger partial charge in [0.05, 0.1) is 23.2 Å². The molecule has 0 unspecified atom stereocenters. The van der Waals surface area contributed by atoms with E-state index in [4.69, 9.17) is 9.73 Å². The summed E-state index contributed by atoms with van der Waals surface area (Å²) in [5.41, 5.74) is 2.43. The molecule has 2 aromatic carbocycles. The topological polar surface area (TPSA) is 81.2 Å². The first-order valence-corrected chi connectivity index (χ1v) is 8.61. The monoisotopic (exact) mass is 352 g/mol. The number of nitrogens with zero attached hydrogens (tertiary/aromatic N) is 3. The quantitative estimate of drug-likeness (QED) is 0.912. The van der Waals surface area contributed by atoms with Crippen molar-refractivity contribution in [2.24, 2.45) is 4.99 Å². The Morgan fingerprint density at radius 3 is 2.67 bits per heavy atom. The zero-order chi connectivity index (χ0) is 18.8. The molecule has 27 heavy (non-hydrogen) atoms. The van der Waals surface area contributed by atoms with Gasteiger partial charge in [0, 0.05) is 0 Å². The number of allylic oxidation sites excluding steroid dienone is 2. The number of fused-ring (bicyclic) bond motifs is 1. The van der Waals surface area contributed by atoms with Gasteiger partial charge in [0.15, 0.2) is 0 Å². The molecular weight excluding hydrogens is 336 g/mol. The van der Waals surface area contributed by atoms with E-state index in [2.05, 4.69) is 23.5 Å². The van der Waals surface area contributed by atoms with Crippen molar-refractivity contribution in [3.8, 4) is 23.6 Å². The van der Waals surface area contributed by atoms with Gasteiger partial charge in [-0.15, -0.1) is 0 Å². The summed E-state index contributed by atoms with van der Waals surface area (Å²) in [5.74, 6) is 1.71. The molecule has 130 valence electrons. The Morgan fingerprint density at radius 2 is 1.89 bits per heavy atom. The third-order valence-corrected chi connectivity index (χ3v) is 4.56. The Hall–Kier alpha value is -3.83. The molecule has 0 amide bonds. The maximum absolute atomic E-state index is 9.44. The van der Waals surface area contributed by atoms with Gasteiger partial charge in [0.2, 0.25) is 0 Å². The lowest BCUT2D eigenvalue weighted by molar-refractivity contribution is 0.479. The molecule has 0 saturated carbocycles. The summed E-state index contributed by atoms with van der Waals surface area (Å²) < 4.78 is 6.06. The van der Waals surface area contributed by atoms with Crippen molar-refractivity contribution in [3.05, 3.63) is 83.0 Å². The summed E-state index contributed by atoms with van der Waals surface area (Å²) in [6.07, 6.45) is 8.15. The van der Waals surface area contributed by atoms with Gasteiger partial charge < -0.3 is 10.1 Å². The standard InChI is InChI=1S/C22H16N4O/c1-14-9-10-21(27-20-8-4-5-15(12-23)17(20)13-24)16(11-14)22-25-18-6-2-3-7-19(18)26-22/h2-11,18-19H,1H3,(H,25,26)/t18-,19-/m0/s1. The zero-order valence-electron chi connectivity index (χ0n) is 14.7. The van der Waals surface area contributed by atoms with Gasteiger partial charge in [-0.1, -0.05) is 42.0 Å². The molecule has 2 atom stereocenters. The van der Waals surface area contributed by atoms with Crippen LogP contribution in [0.1, 0.15) is 22.3 Å². The van der Waals surface area contributed by atoms with Crippen LogP contribution in [0, 0.1) is 29.6 Å². The fourth-order valence-electron chi connectivity index (χ4n) is 3.20. The van der Waals surface area contributed by atoms with E-state index in [0.29, 0.717) is 17.1 Å². The number of benzene rings is 2. The van der Waals surface area contributed by atoms with Gasteiger partial charge in [-0.2, -0.15) is 10.5 Å². The molecule has 4 rings (SSSR count). The summed E-state index contributed by atoms with van der Waals surface area (Å²) in [5, 5.41) is 22.1. The van der Waals surface area contributed by atoms with Crippen LogP contribution in [0.4, 0.5) is 0 Å². The van der Waals surface area contributed by atoms with Crippen molar-refractivity contribution in [2.45, 2.75) is 19.0 Å². The van der Waals surface area contributed by atoms with Crippen LogP contribution in [0.5, 0.6) is 11.5 Å². The zero-order valence-corrected chi connectivity index (χ0v) is 14.7. The van der Waals surface area contributed by atoms with Gasteiger partial charge in [-0.05, 0) is 31.2 Å².